The zero-order valence-corrected chi connectivity index (χ0v) is 15.2. The normalized spacial score (nSPS) is 14.2. The molecule has 0 radical (unpaired) electrons. The lowest BCUT2D eigenvalue weighted by Crippen LogP contribution is -2.40. The van der Waals surface area contributed by atoms with Crippen LogP contribution in [0.15, 0.2) is 42.5 Å². The molecule has 0 aromatic heterocycles. The van der Waals surface area contributed by atoms with Gasteiger partial charge in [0.2, 0.25) is 0 Å². The molecule has 0 atom stereocenters. The van der Waals surface area contributed by atoms with Gasteiger partial charge in [-0.2, -0.15) is 0 Å². The molecule has 26 heavy (non-hydrogen) atoms. The summed E-state index contributed by atoms with van der Waals surface area (Å²) in [5.74, 6) is -0.0654. The molecule has 1 aliphatic rings. The summed E-state index contributed by atoms with van der Waals surface area (Å²) in [5.41, 5.74) is 4.43. The second-order valence-corrected chi connectivity index (χ2v) is 6.66. The van der Waals surface area contributed by atoms with Crippen molar-refractivity contribution in [3.05, 3.63) is 70.3 Å². The Kier molecular flexibility index (Phi) is 5.68. The van der Waals surface area contributed by atoms with Crippen molar-refractivity contribution < 1.29 is 14.3 Å². The zero-order chi connectivity index (χ0) is 18.5. The molecule has 2 amide bonds. The average molecular weight is 352 g/mol. The van der Waals surface area contributed by atoms with Crippen LogP contribution in [0, 0.1) is 13.8 Å². The minimum Gasteiger partial charge on any atom is -0.378 e. The summed E-state index contributed by atoms with van der Waals surface area (Å²) in [5, 5.41) is 2.93. The van der Waals surface area contributed by atoms with E-state index in [9.17, 15) is 9.59 Å². The van der Waals surface area contributed by atoms with Gasteiger partial charge in [0.05, 0.1) is 13.2 Å². The van der Waals surface area contributed by atoms with E-state index in [0.29, 0.717) is 44.0 Å². The Hall–Kier alpha value is -2.66. The number of morpholine rings is 1. The molecule has 1 saturated heterocycles. The van der Waals surface area contributed by atoms with Crippen LogP contribution >= 0.6 is 0 Å². The van der Waals surface area contributed by atoms with Gasteiger partial charge in [0.15, 0.2) is 0 Å². The van der Waals surface area contributed by atoms with Crippen molar-refractivity contribution in [1.82, 2.24) is 10.2 Å². The number of rotatable bonds is 4. The molecule has 3 rings (SSSR count). The van der Waals surface area contributed by atoms with Crippen LogP contribution in [-0.2, 0) is 11.3 Å². The second kappa shape index (κ2) is 8.15. The molecule has 5 nitrogen and oxygen atoms in total. The fourth-order valence-electron chi connectivity index (χ4n) is 3.10. The first kappa shape index (κ1) is 18.1. The third-order valence-electron chi connectivity index (χ3n) is 4.44. The second-order valence-electron chi connectivity index (χ2n) is 6.66. The van der Waals surface area contributed by atoms with Crippen LogP contribution in [0.3, 0.4) is 0 Å². The van der Waals surface area contributed by atoms with Crippen molar-refractivity contribution in [1.29, 1.82) is 0 Å². The summed E-state index contributed by atoms with van der Waals surface area (Å²) in [4.78, 5) is 26.6. The first-order valence-electron chi connectivity index (χ1n) is 8.85. The Labute approximate surface area is 154 Å². The van der Waals surface area contributed by atoms with E-state index in [-0.39, 0.29) is 11.8 Å². The van der Waals surface area contributed by atoms with E-state index in [1.165, 1.54) is 0 Å². The summed E-state index contributed by atoms with van der Waals surface area (Å²) in [6, 6.07) is 13.2. The van der Waals surface area contributed by atoms with E-state index in [1.54, 1.807) is 4.90 Å². The van der Waals surface area contributed by atoms with Gasteiger partial charge in [0, 0.05) is 30.8 Å². The Morgan fingerprint density at radius 3 is 2.19 bits per heavy atom. The lowest BCUT2D eigenvalue weighted by Gasteiger charge is -2.26. The Morgan fingerprint density at radius 2 is 1.58 bits per heavy atom. The van der Waals surface area contributed by atoms with Gasteiger partial charge in [-0.05, 0) is 43.7 Å². The van der Waals surface area contributed by atoms with Crippen molar-refractivity contribution in [2.24, 2.45) is 0 Å². The maximum absolute atomic E-state index is 12.4. The highest BCUT2D eigenvalue weighted by molar-refractivity contribution is 5.95. The molecule has 0 aliphatic carbocycles. The largest absolute Gasteiger partial charge is 0.378 e. The number of nitrogens with one attached hydrogen (secondary N) is 1. The summed E-state index contributed by atoms with van der Waals surface area (Å²) >= 11 is 0. The summed E-state index contributed by atoms with van der Waals surface area (Å²) in [6.07, 6.45) is 0. The van der Waals surface area contributed by atoms with Crippen molar-refractivity contribution in [3.8, 4) is 0 Å². The van der Waals surface area contributed by atoms with Crippen molar-refractivity contribution in [2.45, 2.75) is 20.4 Å². The SMILES string of the molecule is Cc1cc(C)cc(C(=O)NCc2ccc(C(=O)N3CCOCC3)cc2)c1. The van der Waals surface area contributed by atoms with Gasteiger partial charge < -0.3 is 15.0 Å². The number of benzene rings is 2. The number of ether oxygens (including phenoxy) is 1. The summed E-state index contributed by atoms with van der Waals surface area (Å²) < 4.78 is 5.28. The minimum atomic E-state index is -0.0923. The number of nitrogens with zero attached hydrogens (tertiary/aromatic N) is 1. The maximum Gasteiger partial charge on any atom is 0.254 e. The number of hydrogen-bond acceptors (Lipinski definition) is 3. The van der Waals surface area contributed by atoms with E-state index in [1.807, 2.05) is 56.3 Å². The van der Waals surface area contributed by atoms with Gasteiger partial charge in [-0.25, -0.2) is 0 Å². The molecule has 1 heterocycles. The van der Waals surface area contributed by atoms with Gasteiger partial charge in [-0.15, -0.1) is 0 Å². The molecular formula is C21H24N2O3. The number of carbonyl (C=O) groups excluding carboxylic acids is 2. The molecule has 2 aromatic carbocycles. The third kappa shape index (κ3) is 4.49. The van der Waals surface area contributed by atoms with E-state index < -0.39 is 0 Å². The van der Waals surface area contributed by atoms with Crippen LogP contribution < -0.4 is 5.32 Å². The monoisotopic (exact) mass is 352 g/mol. The fraction of sp³-hybridized carbons (Fsp3) is 0.333. The summed E-state index contributed by atoms with van der Waals surface area (Å²) in [7, 11) is 0. The third-order valence-corrected chi connectivity index (χ3v) is 4.44. The fourth-order valence-corrected chi connectivity index (χ4v) is 3.10. The maximum atomic E-state index is 12.4. The highest BCUT2D eigenvalue weighted by Crippen LogP contribution is 2.11. The first-order chi connectivity index (χ1) is 12.5. The van der Waals surface area contributed by atoms with Crippen molar-refractivity contribution >= 4 is 11.8 Å². The van der Waals surface area contributed by atoms with E-state index in [4.69, 9.17) is 4.74 Å². The van der Waals surface area contributed by atoms with Crippen LogP contribution in [0.1, 0.15) is 37.4 Å². The van der Waals surface area contributed by atoms with Gasteiger partial charge in [-0.3, -0.25) is 9.59 Å². The van der Waals surface area contributed by atoms with Crippen LogP contribution in [0.5, 0.6) is 0 Å². The predicted octanol–water partition coefficient (Wildman–Crippen LogP) is 2.71. The number of carbonyl (C=O) groups is 2. The quantitative estimate of drug-likeness (QED) is 0.920. The van der Waals surface area contributed by atoms with E-state index in [0.717, 1.165) is 16.7 Å². The lowest BCUT2D eigenvalue weighted by molar-refractivity contribution is 0.0303. The number of amides is 2. The minimum absolute atomic E-state index is 0.0270. The highest BCUT2D eigenvalue weighted by atomic mass is 16.5. The lowest BCUT2D eigenvalue weighted by atomic mass is 10.1. The number of aryl methyl sites for hydroxylation is 2. The molecule has 136 valence electrons. The van der Waals surface area contributed by atoms with E-state index >= 15 is 0 Å². The van der Waals surface area contributed by atoms with E-state index in [2.05, 4.69) is 5.32 Å². The van der Waals surface area contributed by atoms with Gasteiger partial charge >= 0.3 is 0 Å². The van der Waals surface area contributed by atoms with Gasteiger partial charge in [0.1, 0.15) is 0 Å². The zero-order valence-electron chi connectivity index (χ0n) is 15.2. The molecule has 0 unspecified atom stereocenters. The predicted molar refractivity (Wildman–Crippen MR) is 100 cm³/mol. The van der Waals surface area contributed by atoms with Crippen LogP contribution in [0.25, 0.3) is 0 Å². The average Bonchev–Trinajstić information content (AvgIpc) is 2.66. The van der Waals surface area contributed by atoms with Gasteiger partial charge in [-0.1, -0.05) is 29.3 Å². The molecular weight excluding hydrogens is 328 g/mol. The topological polar surface area (TPSA) is 58.6 Å². The summed E-state index contributed by atoms with van der Waals surface area (Å²) in [6.45, 7) is 6.83. The molecule has 0 spiro atoms. The number of hydrogen-bond donors (Lipinski definition) is 1. The standard InChI is InChI=1S/C21H24N2O3/c1-15-11-16(2)13-19(12-15)20(24)22-14-17-3-5-18(6-4-17)21(25)23-7-9-26-10-8-23/h3-6,11-13H,7-10,14H2,1-2H3,(H,22,24). The van der Waals surface area contributed by atoms with Crippen molar-refractivity contribution in [3.63, 3.8) is 0 Å². The Balaban J connectivity index is 1.58. The Bertz CT molecular complexity index is 773. The highest BCUT2D eigenvalue weighted by Gasteiger charge is 2.18. The molecule has 1 N–H and O–H groups in total. The molecule has 0 saturated carbocycles. The van der Waals surface area contributed by atoms with Crippen LogP contribution in [0.2, 0.25) is 0 Å². The van der Waals surface area contributed by atoms with Crippen LogP contribution in [-0.4, -0.2) is 43.0 Å². The molecule has 1 aliphatic heterocycles. The van der Waals surface area contributed by atoms with Gasteiger partial charge in [0.25, 0.3) is 11.8 Å². The smallest absolute Gasteiger partial charge is 0.254 e. The molecule has 5 heteroatoms. The molecule has 2 aromatic rings. The first-order valence-corrected chi connectivity index (χ1v) is 8.85. The Morgan fingerprint density at radius 1 is 0.962 bits per heavy atom. The van der Waals surface area contributed by atoms with Crippen LogP contribution in [0.4, 0.5) is 0 Å². The van der Waals surface area contributed by atoms with Crippen molar-refractivity contribution in [2.75, 3.05) is 26.3 Å². The molecule has 0 bridgehead atoms. The molecule has 1 fully saturated rings.